The SMILES string of the molecule is COc1ccc(Br)cc1/C=C/C(=O)Nc1nc(-c2ccc(OC)c(OC)c2)cs1. The van der Waals surface area contributed by atoms with Crippen LogP contribution in [0.2, 0.25) is 0 Å². The van der Waals surface area contributed by atoms with Crippen LogP contribution in [0.1, 0.15) is 5.56 Å². The summed E-state index contributed by atoms with van der Waals surface area (Å²) in [6, 6.07) is 11.1. The minimum atomic E-state index is -0.278. The fourth-order valence-corrected chi connectivity index (χ4v) is 3.71. The zero-order chi connectivity index (χ0) is 20.8. The maximum absolute atomic E-state index is 12.3. The molecule has 0 spiro atoms. The molecule has 0 atom stereocenters. The molecule has 1 heterocycles. The summed E-state index contributed by atoms with van der Waals surface area (Å²) in [6.07, 6.45) is 3.14. The molecule has 0 fully saturated rings. The normalized spacial score (nSPS) is 10.8. The number of methoxy groups -OCH3 is 3. The second kappa shape index (κ2) is 9.58. The number of aromatic nitrogens is 1. The van der Waals surface area contributed by atoms with Gasteiger partial charge in [0.1, 0.15) is 5.75 Å². The Morgan fingerprint density at radius 3 is 2.48 bits per heavy atom. The molecule has 2 aromatic carbocycles. The molecule has 0 saturated heterocycles. The van der Waals surface area contributed by atoms with Crippen LogP contribution in [0.15, 0.2) is 52.3 Å². The minimum absolute atomic E-state index is 0.278. The van der Waals surface area contributed by atoms with Crippen molar-refractivity contribution in [3.63, 3.8) is 0 Å². The van der Waals surface area contributed by atoms with E-state index in [1.807, 2.05) is 41.8 Å². The summed E-state index contributed by atoms with van der Waals surface area (Å²) in [6.45, 7) is 0. The number of carbonyl (C=O) groups is 1. The van der Waals surface area contributed by atoms with Crippen molar-refractivity contribution in [2.24, 2.45) is 0 Å². The predicted molar refractivity (Wildman–Crippen MR) is 119 cm³/mol. The van der Waals surface area contributed by atoms with Gasteiger partial charge in [0.05, 0.1) is 27.0 Å². The van der Waals surface area contributed by atoms with Crippen LogP contribution in [0.25, 0.3) is 17.3 Å². The molecule has 0 radical (unpaired) electrons. The lowest BCUT2D eigenvalue weighted by molar-refractivity contribution is -0.111. The molecule has 0 aliphatic carbocycles. The summed E-state index contributed by atoms with van der Waals surface area (Å²) in [7, 11) is 4.76. The van der Waals surface area contributed by atoms with Gasteiger partial charge in [0, 0.05) is 27.1 Å². The topological polar surface area (TPSA) is 69.7 Å². The molecule has 0 aliphatic rings. The monoisotopic (exact) mass is 474 g/mol. The van der Waals surface area contributed by atoms with Crippen molar-refractivity contribution in [2.75, 3.05) is 26.6 Å². The first kappa shape index (κ1) is 20.9. The summed E-state index contributed by atoms with van der Waals surface area (Å²) in [5.74, 6) is 1.67. The molecule has 150 valence electrons. The van der Waals surface area contributed by atoms with E-state index < -0.39 is 0 Å². The fraction of sp³-hybridized carbons (Fsp3) is 0.143. The van der Waals surface area contributed by atoms with Gasteiger partial charge < -0.3 is 14.2 Å². The minimum Gasteiger partial charge on any atom is -0.496 e. The highest BCUT2D eigenvalue weighted by Gasteiger charge is 2.10. The Hall–Kier alpha value is -2.84. The number of amides is 1. The van der Waals surface area contributed by atoms with E-state index in [0.29, 0.717) is 22.4 Å². The predicted octanol–water partition coefficient (Wildman–Crippen LogP) is 5.25. The van der Waals surface area contributed by atoms with Crippen molar-refractivity contribution in [1.29, 1.82) is 0 Å². The third kappa shape index (κ3) is 5.16. The highest BCUT2D eigenvalue weighted by Crippen LogP contribution is 2.33. The van der Waals surface area contributed by atoms with Gasteiger partial charge in [-0.1, -0.05) is 15.9 Å². The zero-order valence-electron chi connectivity index (χ0n) is 16.1. The van der Waals surface area contributed by atoms with Crippen LogP contribution in [0.3, 0.4) is 0 Å². The maximum atomic E-state index is 12.3. The van der Waals surface area contributed by atoms with Crippen molar-refractivity contribution in [1.82, 2.24) is 4.98 Å². The average molecular weight is 475 g/mol. The van der Waals surface area contributed by atoms with Crippen LogP contribution < -0.4 is 19.5 Å². The molecule has 3 rings (SSSR count). The van der Waals surface area contributed by atoms with Crippen LogP contribution in [-0.2, 0) is 4.79 Å². The molecule has 6 nitrogen and oxygen atoms in total. The van der Waals surface area contributed by atoms with E-state index in [1.165, 1.54) is 17.4 Å². The van der Waals surface area contributed by atoms with Gasteiger partial charge in [0.25, 0.3) is 0 Å². The van der Waals surface area contributed by atoms with Gasteiger partial charge in [-0.2, -0.15) is 0 Å². The third-order valence-corrected chi connectivity index (χ3v) is 5.27. The summed E-state index contributed by atoms with van der Waals surface area (Å²) in [5, 5.41) is 5.16. The third-order valence-electron chi connectivity index (χ3n) is 4.02. The molecule has 29 heavy (non-hydrogen) atoms. The van der Waals surface area contributed by atoms with Gasteiger partial charge in [-0.25, -0.2) is 4.98 Å². The van der Waals surface area contributed by atoms with Crippen LogP contribution in [0.4, 0.5) is 5.13 Å². The highest BCUT2D eigenvalue weighted by molar-refractivity contribution is 9.10. The average Bonchev–Trinajstić information content (AvgIpc) is 3.20. The Labute approximate surface area is 181 Å². The number of carbonyl (C=O) groups excluding carboxylic acids is 1. The van der Waals surface area contributed by atoms with Crippen molar-refractivity contribution < 1.29 is 19.0 Å². The number of halogens is 1. The Balaban J connectivity index is 1.72. The molecule has 3 aromatic rings. The first-order valence-corrected chi connectivity index (χ1v) is 10.2. The van der Waals surface area contributed by atoms with Crippen LogP contribution >= 0.6 is 27.3 Å². The number of thiazole rings is 1. The van der Waals surface area contributed by atoms with Gasteiger partial charge in [-0.05, 0) is 42.5 Å². The lowest BCUT2D eigenvalue weighted by Crippen LogP contribution is -2.07. The number of nitrogens with one attached hydrogen (secondary N) is 1. The maximum Gasteiger partial charge on any atom is 0.250 e. The van der Waals surface area contributed by atoms with Crippen molar-refractivity contribution in [3.8, 4) is 28.5 Å². The van der Waals surface area contributed by atoms with E-state index in [-0.39, 0.29) is 5.91 Å². The summed E-state index contributed by atoms with van der Waals surface area (Å²) in [5.41, 5.74) is 2.40. The molecule has 1 amide bonds. The number of hydrogen-bond acceptors (Lipinski definition) is 6. The Morgan fingerprint density at radius 1 is 1.03 bits per heavy atom. The summed E-state index contributed by atoms with van der Waals surface area (Å²) < 4.78 is 16.8. The number of hydrogen-bond donors (Lipinski definition) is 1. The van der Waals surface area contributed by atoms with Crippen molar-refractivity contribution in [2.45, 2.75) is 0 Å². The van der Waals surface area contributed by atoms with E-state index in [4.69, 9.17) is 14.2 Å². The Bertz CT molecular complexity index is 1050. The molecule has 0 saturated carbocycles. The number of nitrogens with zero attached hydrogens (tertiary/aromatic N) is 1. The fourth-order valence-electron chi connectivity index (χ4n) is 2.61. The second-order valence-electron chi connectivity index (χ2n) is 5.82. The zero-order valence-corrected chi connectivity index (χ0v) is 18.5. The van der Waals surface area contributed by atoms with Gasteiger partial charge in [0.2, 0.25) is 5.91 Å². The van der Waals surface area contributed by atoms with E-state index in [2.05, 4.69) is 26.2 Å². The molecule has 1 N–H and O–H groups in total. The van der Waals surface area contributed by atoms with Gasteiger partial charge >= 0.3 is 0 Å². The van der Waals surface area contributed by atoms with Gasteiger partial charge in [-0.3, -0.25) is 10.1 Å². The number of anilines is 1. The molecular weight excluding hydrogens is 456 g/mol. The standard InChI is InChI=1S/C21H19BrN2O4S/c1-26-17-8-6-15(22)10-14(17)5-9-20(25)24-21-23-16(12-29-21)13-4-7-18(27-2)19(11-13)28-3/h4-12H,1-3H3,(H,23,24,25)/b9-5+. The van der Waals surface area contributed by atoms with Crippen molar-refractivity contribution >= 4 is 44.4 Å². The van der Waals surface area contributed by atoms with E-state index >= 15 is 0 Å². The number of ether oxygens (including phenoxy) is 3. The molecular formula is C21H19BrN2O4S. The summed E-state index contributed by atoms with van der Waals surface area (Å²) >= 11 is 4.76. The Kier molecular flexibility index (Phi) is 6.90. The largest absolute Gasteiger partial charge is 0.496 e. The Morgan fingerprint density at radius 2 is 1.76 bits per heavy atom. The van der Waals surface area contributed by atoms with Crippen LogP contribution in [0.5, 0.6) is 17.2 Å². The van der Waals surface area contributed by atoms with E-state index in [0.717, 1.165) is 21.3 Å². The van der Waals surface area contributed by atoms with Crippen molar-refractivity contribution in [3.05, 3.63) is 57.9 Å². The van der Waals surface area contributed by atoms with Crippen LogP contribution in [-0.4, -0.2) is 32.2 Å². The lowest BCUT2D eigenvalue weighted by atomic mass is 10.1. The molecule has 1 aromatic heterocycles. The lowest BCUT2D eigenvalue weighted by Gasteiger charge is -2.08. The number of benzene rings is 2. The first-order valence-electron chi connectivity index (χ1n) is 8.54. The quantitative estimate of drug-likeness (QED) is 0.473. The molecule has 0 bridgehead atoms. The molecule has 0 unspecified atom stereocenters. The highest BCUT2D eigenvalue weighted by atomic mass is 79.9. The van der Waals surface area contributed by atoms with E-state index in [9.17, 15) is 4.79 Å². The molecule has 0 aliphatic heterocycles. The van der Waals surface area contributed by atoms with Gasteiger partial charge in [0.15, 0.2) is 16.6 Å². The second-order valence-corrected chi connectivity index (χ2v) is 7.59. The smallest absolute Gasteiger partial charge is 0.250 e. The first-order chi connectivity index (χ1) is 14.0. The van der Waals surface area contributed by atoms with Gasteiger partial charge in [-0.15, -0.1) is 11.3 Å². The van der Waals surface area contributed by atoms with E-state index in [1.54, 1.807) is 27.4 Å². The number of rotatable bonds is 7. The summed E-state index contributed by atoms with van der Waals surface area (Å²) in [4.78, 5) is 16.8. The van der Waals surface area contributed by atoms with Crippen LogP contribution in [0, 0.1) is 0 Å². The molecule has 8 heteroatoms.